The number of aromatic carboxylic acids is 1. The van der Waals surface area contributed by atoms with Crippen molar-refractivity contribution in [3.05, 3.63) is 83.7 Å². The second-order valence-corrected chi connectivity index (χ2v) is 8.82. The number of carboxylic acids is 1. The Morgan fingerprint density at radius 3 is 2.32 bits per heavy atom. The third-order valence-corrected chi connectivity index (χ3v) is 6.36. The first-order valence-electron chi connectivity index (χ1n) is 8.93. The molecule has 0 fully saturated rings. The van der Waals surface area contributed by atoms with Crippen LogP contribution >= 0.6 is 11.3 Å². The second-order valence-electron chi connectivity index (χ2n) is 6.22. The normalized spacial score (nSPS) is 11.1. The molecule has 4 aromatic rings. The number of para-hydroxylation sites is 1. The Balaban J connectivity index is 1.78. The summed E-state index contributed by atoms with van der Waals surface area (Å²) in [6.07, 6.45) is 0. The summed E-state index contributed by atoms with van der Waals surface area (Å²) in [5, 5.41) is 11.1. The molecule has 0 amide bonds. The maximum atomic E-state index is 12.7. The number of nitrogens with zero attached hydrogens (tertiary/aromatic N) is 2. The summed E-state index contributed by atoms with van der Waals surface area (Å²) < 4.78 is 33.5. The van der Waals surface area contributed by atoms with E-state index in [1.54, 1.807) is 47.8 Å². The van der Waals surface area contributed by atoms with Gasteiger partial charge in [-0.05, 0) is 35.7 Å². The number of benzene rings is 2. The van der Waals surface area contributed by atoms with Crippen LogP contribution < -0.4 is 9.46 Å². The average molecular weight is 454 g/mol. The van der Waals surface area contributed by atoms with Crippen molar-refractivity contribution < 1.29 is 23.1 Å². The highest BCUT2D eigenvalue weighted by molar-refractivity contribution is 7.92. The molecule has 0 aliphatic rings. The first kappa shape index (κ1) is 20.5. The molecule has 0 atom stereocenters. The van der Waals surface area contributed by atoms with Crippen LogP contribution in [0.5, 0.6) is 11.6 Å². The fourth-order valence-corrected chi connectivity index (χ4v) is 4.52. The van der Waals surface area contributed by atoms with Crippen LogP contribution in [0.3, 0.4) is 0 Å². The van der Waals surface area contributed by atoms with E-state index in [9.17, 15) is 18.3 Å². The van der Waals surface area contributed by atoms with E-state index in [0.29, 0.717) is 10.6 Å². The first-order valence-corrected chi connectivity index (χ1v) is 11.3. The highest BCUT2D eigenvalue weighted by Gasteiger charge is 2.20. The summed E-state index contributed by atoms with van der Waals surface area (Å²) >= 11 is 1.17. The number of sulfonamides is 1. The number of thiophene rings is 1. The van der Waals surface area contributed by atoms with Crippen molar-refractivity contribution in [2.45, 2.75) is 4.90 Å². The van der Waals surface area contributed by atoms with Crippen molar-refractivity contribution in [2.24, 2.45) is 0 Å². The van der Waals surface area contributed by atoms with Crippen molar-refractivity contribution in [1.29, 1.82) is 0 Å². The fraction of sp³-hybridized carbons (Fsp3) is 0. The smallest absolute Gasteiger partial charge is 0.337 e. The molecule has 4 rings (SSSR count). The Hall–Kier alpha value is -3.76. The number of hydrogen-bond acceptors (Lipinski definition) is 7. The van der Waals surface area contributed by atoms with Crippen LogP contribution in [0, 0.1) is 0 Å². The lowest BCUT2D eigenvalue weighted by Gasteiger charge is -2.11. The van der Waals surface area contributed by atoms with Crippen LogP contribution in [-0.4, -0.2) is 29.5 Å². The zero-order chi connectivity index (χ0) is 21.8. The topological polar surface area (TPSA) is 118 Å². The fourth-order valence-electron chi connectivity index (χ4n) is 2.70. The molecule has 2 heterocycles. The summed E-state index contributed by atoms with van der Waals surface area (Å²) in [5.41, 5.74) is 0.269. The summed E-state index contributed by atoms with van der Waals surface area (Å²) in [4.78, 5) is 20.3. The van der Waals surface area contributed by atoms with Crippen LogP contribution in [0.1, 0.15) is 10.4 Å². The average Bonchev–Trinajstić information content (AvgIpc) is 3.25. The Morgan fingerprint density at radius 1 is 0.968 bits per heavy atom. The van der Waals surface area contributed by atoms with Gasteiger partial charge in [0, 0.05) is 6.07 Å². The van der Waals surface area contributed by atoms with Gasteiger partial charge in [-0.3, -0.25) is 0 Å². The number of nitrogens with one attached hydrogen (secondary N) is 1. The van der Waals surface area contributed by atoms with Crippen molar-refractivity contribution in [2.75, 3.05) is 4.72 Å². The van der Waals surface area contributed by atoms with Gasteiger partial charge < -0.3 is 9.84 Å². The van der Waals surface area contributed by atoms with E-state index in [1.165, 1.54) is 35.6 Å². The molecule has 0 unspecified atom stereocenters. The molecule has 2 aromatic heterocycles. The summed E-state index contributed by atoms with van der Waals surface area (Å²) in [7, 11) is -3.96. The van der Waals surface area contributed by atoms with E-state index in [2.05, 4.69) is 14.7 Å². The minimum Gasteiger partial charge on any atom is -0.478 e. The molecule has 31 heavy (non-hydrogen) atoms. The Morgan fingerprint density at radius 2 is 1.65 bits per heavy atom. The van der Waals surface area contributed by atoms with Crippen molar-refractivity contribution in [1.82, 2.24) is 9.97 Å². The summed E-state index contributed by atoms with van der Waals surface area (Å²) in [5.74, 6) is -0.816. The molecule has 0 aliphatic heterocycles. The van der Waals surface area contributed by atoms with E-state index in [0.717, 1.165) is 0 Å². The van der Waals surface area contributed by atoms with Gasteiger partial charge in [-0.2, -0.15) is 4.98 Å². The van der Waals surface area contributed by atoms with Gasteiger partial charge in [0.15, 0.2) is 0 Å². The zero-order valence-corrected chi connectivity index (χ0v) is 17.4. The van der Waals surface area contributed by atoms with E-state index in [-0.39, 0.29) is 28.0 Å². The lowest BCUT2D eigenvalue weighted by Crippen LogP contribution is -2.15. The van der Waals surface area contributed by atoms with Gasteiger partial charge in [0.1, 0.15) is 5.75 Å². The molecule has 156 valence electrons. The molecule has 0 saturated carbocycles. The molecular formula is C21H15N3O5S2. The van der Waals surface area contributed by atoms with Gasteiger partial charge >= 0.3 is 5.97 Å². The quantitative estimate of drug-likeness (QED) is 0.423. The van der Waals surface area contributed by atoms with Crippen molar-refractivity contribution in [3.63, 3.8) is 0 Å². The summed E-state index contributed by atoms with van der Waals surface area (Å²) in [6.45, 7) is 0. The molecule has 2 N–H and O–H groups in total. The van der Waals surface area contributed by atoms with Gasteiger partial charge in [0.2, 0.25) is 11.8 Å². The highest BCUT2D eigenvalue weighted by atomic mass is 32.2. The minimum absolute atomic E-state index is 0.0388. The van der Waals surface area contributed by atoms with E-state index >= 15 is 0 Å². The number of carbonyl (C=O) groups is 1. The Bertz CT molecular complexity index is 1320. The predicted octanol–water partition coefficient (Wildman–Crippen LogP) is 4.50. The first-order chi connectivity index (χ1) is 14.9. The van der Waals surface area contributed by atoms with Gasteiger partial charge in [0.05, 0.1) is 21.0 Å². The zero-order valence-electron chi connectivity index (χ0n) is 15.8. The monoisotopic (exact) mass is 453 g/mol. The summed E-state index contributed by atoms with van der Waals surface area (Å²) in [6, 6.07) is 19.5. The van der Waals surface area contributed by atoms with E-state index in [4.69, 9.17) is 4.74 Å². The number of carboxylic acid groups (broad SMARTS) is 1. The lowest BCUT2D eigenvalue weighted by molar-refractivity contribution is 0.0698. The van der Waals surface area contributed by atoms with Crippen molar-refractivity contribution >= 4 is 33.3 Å². The largest absolute Gasteiger partial charge is 0.478 e. The second kappa shape index (κ2) is 8.54. The molecule has 8 nitrogen and oxygen atoms in total. The predicted molar refractivity (Wildman–Crippen MR) is 116 cm³/mol. The maximum Gasteiger partial charge on any atom is 0.337 e. The van der Waals surface area contributed by atoms with Crippen LogP contribution in [0.2, 0.25) is 0 Å². The van der Waals surface area contributed by atoms with Crippen LogP contribution in [0.4, 0.5) is 5.95 Å². The van der Waals surface area contributed by atoms with Gasteiger partial charge in [-0.25, -0.2) is 22.9 Å². The number of ether oxygens (including phenoxy) is 1. The van der Waals surface area contributed by atoms with Gasteiger partial charge in [0.25, 0.3) is 10.0 Å². The molecule has 0 aliphatic carbocycles. The van der Waals surface area contributed by atoms with Gasteiger partial charge in [-0.1, -0.05) is 36.4 Å². The number of hydrogen-bond donors (Lipinski definition) is 2. The van der Waals surface area contributed by atoms with Crippen LogP contribution in [0.15, 0.2) is 83.1 Å². The molecular weight excluding hydrogens is 438 g/mol. The van der Waals surface area contributed by atoms with Crippen molar-refractivity contribution in [3.8, 4) is 22.2 Å². The number of anilines is 1. The SMILES string of the molecule is O=C(O)c1ccsc1-c1cc(Oc2ccccc2)nc(NS(=O)(=O)c2ccccc2)n1. The standard InChI is InChI=1S/C21H15N3O5S2/c25-20(26)16-11-12-30-19(16)17-13-18(29-14-7-3-1-4-8-14)23-21(22-17)24-31(27,28)15-9-5-2-6-10-15/h1-13H,(H,25,26)(H,22,23,24). The molecule has 0 saturated heterocycles. The van der Waals surface area contributed by atoms with E-state index < -0.39 is 16.0 Å². The number of aromatic nitrogens is 2. The van der Waals surface area contributed by atoms with Gasteiger partial charge in [-0.15, -0.1) is 11.3 Å². The van der Waals surface area contributed by atoms with Crippen LogP contribution in [-0.2, 0) is 10.0 Å². The highest BCUT2D eigenvalue weighted by Crippen LogP contribution is 2.32. The molecule has 2 aromatic carbocycles. The third kappa shape index (κ3) is 4.71. The lowest BCUT2D eigenvalue weighted by atomic mass is 10.2. The maximum absolute atomic E-state index is 12.7. The molecule has 10 heteroatoms. The third-order valence-electron chi connectivity index (χ3n) is 4.08. The number of rotatable bonds is 7. The van der Waals surface area contributed by atoms with E-state index in [1.807, 2.05) is 6.07 Å². The molecule has 0 bridgehead atoms. The Kier molecular flexibility index (Phi) is 5.65. The Labute approximate surface area is 181 Å². The van der Waals surface area contributed by atoms with Crippen LogP contribution in [0.25, 0.3) is 10.6 Å². The molecule has 0 spiro atoms. The minimum atomic E-state index is -3.96. The molecule has 0 radical (unpaired) electrons.